The molecule has 0 amide bonds. The Kier molecular flexibility index (Phi) is 3.28. The van der Waals surface area contributed by atoms with Crippen LogP contribution in [0.25, 0.3) is 0 Å². The molecular weight excluding hydrogens is 239 g/mol. The maximum atomic E-state index is 13.2. The Labute approximate surface area is 103 Å². The third-order valence-electron chi connectivity index (χ3n) is 2.51. The van der Waals surface area contributed by atoms with Crippen LogP contribution in [0.1, 0.15) is 16.1 Å². The molecule has 17 heavy (non-hydrogen) atoms. The Bertz CT molecular complexity index is 539. The maximum absolute atomic E-state index is 13.2. The topological polar surface area (TPSA) is 48.1 Å². The number of nitrogen functional groups attached to an aromatic ring is 1. The van der Waals surface area contributed by atoms with Crippen molar-refractivity contribution in [3.63, 3.8) is 0 Å². The Hall–Kier alpha value is -1.62. The van der Waals surface area contributed by atoms with Crippen LogP contribution in [0.3, 0.4) is 0 Å². The molecule has 0 saturated carbocycles. The number of rotatable bonds is 3. The number of nitrogens with two attached hydrogens (primary N) is 1. The molecule has 1 heterocycles. The van der Waals surface area contributed by atoms with Gasteiger partial charge in [-0.3, -0.25) is 0 Å². The van der Waals surface area contributed by atoms with Crippen LogP contribution in [0.2, 0.25) is 0 Å². The highest BCUT2D eigenvalue weighted by atomic mass is 32.1. The van der Waals surface area contributed by atoms with E-state index >= 15 is 0 Å². The van der Waals surface area contributed by atoms with Gasteiger partial charge in [-0.25, -0.2) is 9.37 Å². The maximum Gasteiger partial charge on any atom is 0.180 e. The minimum absolute atomic E-state index is 0.276. The largest absolute Gasteiger partial charge is 0.496 e. The van der Waals surface area contributed by atoms with Crippen LogP contribution < -0.4 is 10.5 Å². The summed E-state index contributed by atoms with van der Waals surface area (Å²) in [6.07, 6.45) is 0.528. The number of benzene rings is 1. The minimum Gasteiger partial charge on any atom is -0.496 e. The highest BCUT2D eigenvalue weighted by Gasteiger charge is 2.10. The van der Waals surface area contributed by atoms with E-state index in [4.69, 9.17) is 10.5 Å². The fourth-order valence-corrected chi connectivity index (χ4v) is 2.39. The first-order chi connectivity index (χ1) is 8.10. The van der Waals surface area contributed by atoms with E-state index in [2.05, 4.69) is 4.98 Å². The summed E-state index contributed by atoms with van der Waals surface area (Å²) in [5, 5.41) is 0.535. The molecule has 1 aromatic heterocycles. The molecule has 0 saturated heterocycles. The smallest absolute Gasteiger partial charge is 0.180 e. The van der Waals surface area contributed by atoms with Gasteiger partial charge in [0.05, 0.1) is 12.8 Å². The number of aromatic nitrogens is 1. The zero-order chi connectivity index (χ0) is 12.4. The van der Waals surface area contributed by atoms with E-state index in [9.17, 15) is 4.39 Å². The van der Waals surface area contributed by atoms with Crippen LogP contribution >= 0.6 is 11.3 Å². The highest BCUT2D eigenvalue weighted by molar-refractivity contribution is 7.15. The van der Waals surface area contributed by atoms with Crippen molar-refractivity contribution in [1.29, 1.82) is 0 Å². The highest BCUT2D eigenvalue weighted by Crippen LogP contribution is 2.26. The van der Waals surface area contributed by atoms with Crippen molar-refractivity contribution in [3.05, 3.63) is 40.2 Å². The molecule has 3 nitrogen and oxygen atoms in total. The van der Waals surface area contributed by atoms with Crippen LogP contribution in [-0.4, -0.2) is 12.1 Å². The molecular formula is C12H13FN2OS. The van der Waals surface area contributed by atoms with Crippen molar-refractivity contribution in [3.8, 4) is 5.75 Å². The van der Waals surface area contributed by atoms with Gasteiger partial charge >= 0.3 is 0 Å². The van der Waals surface area contributed by atoms with Crippen molar-refractivity contribution in [2.45, 2.75) is 13.3 Å². The van der Waals surface area contributed by atoms with Gasteiger partial charge in [-0.15, -0.1) is 11.3 Å². The lowest BCUT2D eigenvalue weighted by molar-refractivity contribution is 0.409. The van der Waals surface area contributed by atoms with Gasteiger partial charge in [0.2, 0.25) is 0 Å². The Morgan fingerprint density at radius 3 is 2.82 bits per heavy atom. The monoisotopic (exact) mass is 252 g/mol. The van der Waals surface area contributed by atoms with Crippen LogP contribution in [0.4, 0.5) is 9.52 Å². The lowest BCUT2D eigenvalue weighted by atomic mass is 10.1. The van der Waals surface area contributed by atoms with Crippen LogP contribution in [-0.2, 0) is 6.42 Å². The average molecular weight is 252 g/mol. The zero-order valence-corrected chi connectivity index (χ0v) is 10.5. The number of hydrogen-bond donors (Lipinski definition) is 1. The summed E-state index contributed by atoms with van der Waals surface area (Å²) < 4.78 is 18.4. The van der Waals surface area contributed by atoms with Gasteiger partial charge in [-0.1, -0.05) is 0 Å². The fourth-order valence-electron chi connectivity index (χ4n) is 1.68. The molecule has 0 unspecified atom stereocenters. The Morgan fingerprint density at radius 1 is 1.47 bits per heavy atom. The van der Waals surface area contributed by atoms with E-state index in [1.165, 1.54) is 23.5 Å². The summed E-state index contributed by atoms with van der Waals surface area (Å²) in [4.78, 5) is 5.28. The predicted molar refractivity (Wildman–Crippen MR) is 67.0 cm³/mol. The summed E-state index contributed by atoms with van der Waals surface area (Å²) in [6.45, 7) is 1.95. The van der Waals surface area contributed by atoms with Gasteiger partial charge in [0.25, 0.3) is 0 Å². The van der Waals surface area contributed by atoms with Crippen LogP contribution in [0.15, 0.2) is 18.2 Å². The molecule has 0 aliphatic rings. The molecule has 0 aliphatic heterocycles. The summed E-state index contributed by atoms with van der Waals surface area (Å²) in [5.41, 5.74) is 7.29. The summed E-state index contributed by atoms with van der Waals surface area (Å²) in [7, 11) is 1.57. The fraction of sp³-hybridized carbons (Fsp3) is 0.250. The van der Waals surface area contributed by atoms with Gasteiger partial charge in [-0.05, 0) is 25.1 Å². The lowest BCUT2D eigenvalue weighted by Crippen LogP contribution is -1.96. The number of ether oxygens (including phenoxy) is 1. The van der Waals surface area contributed by atoms with Crippen molar-refractivity contribution in [1.82, 2.24) is 4.98 Å². The first-order valence-corrected chi connectivity index (χ1v) is 5.96. The number of nitrogens with zero attached hydrogens (tertiary/aromatic N) is 1. The second-order valence-electron chi connectivity index (χ2n) is 3.69. The summed E-state index contributed by atoms with van der Waals surface area (Å²) in [6, 6.07) is 4.47. The van der Waals surface area contributed by atoms with Crippen molar-refractivity contribution in [2.75, 3.05) is 12.8 Å². The number of anilines is 1. The van der Waals surface area contributed by atoms with Crippen molar-refractivity contribution in [2.24, 2.45) is 0 Å². The number of methoxy groups -OCH3 is 1. The molecule has 2 aromatic rings. The summed E-state index contributed by atoms with van der Waals surface area (Å²) >= 11 is 1.44. The SMILES string of the molecule is COc1ccc(F)cc1Cc1nc(N)sc1C. The molecule has 5 heteroatoms. The molecule has 0 atom stereocenters. The van der Waals surface area contributed by atoms with Crippen molar-refractivity contribution >= 4 is 16.5 Å². The van der Waals surface area contributed by atoms with Gasteiger partial charge in [0, 0.05) is 16.9 Å². The summed E-state index contributed by atoms with van der Waals surface area (Å²) in [5.74, 6) is 0.388. The first-order valence-electron chi connectivity index (χ1n) is 5.14. The van der Waals surface area contributed by atoms with Crippen LogP contribution in [0, 0.1) is 12.7 Å². The number of thiazole rings is 1. The molecule has 0 bridgehead atoms. The Balaban J connectivity index is 2.35. The van der Waals surface area contributed by atoms with Gasteiger partial charge in [0.15, 0.2) is 5.13 Å². The van der Waals surface area contributed by atoms with E-state index < -0.39 is 0 Å². The molecule has 0 radical (unpaired) electrons. The van der Waals surface area contributed by atoms with E-state index in [-0.39, 0.29) is 5.82 Å². The standard InChI is InChI=1S/C12H13FN2OS/c1-7-10(15-12(14)17-7)6-8-5-9(13)3-4-11(8)16-2/h3-5H,6H2,1-2H3,(H2,14,15). The van der Waals surface area contributed by atoms with Gasteiger partial charge in [0.1, 0.15) is 11.6 Å². The molecule has 90 valence electrons. The molecule has 2 N–H and O–H groups in total. The second-order valence-corrected chi connectivity index (χ2v) is 4.92. The van der Waals surface area contributed by atoms with E-state index in [0.29, 0.717) is 17.3 Å². The third kappa shape index (κ3) is 2.55. The predicted octanol–water partition coefficient (Wildman–Crippen LogP) is 2.77. The van der Waals surface area contributed by atoms with Gasteiger partial charge in [-0.2, -0.15) is 0 Å². The average Bonchev–Trinajstić information content (AvgIpc) is 2.58. The van der Waals surface area contributed by atoms with Crippen LogP contribution in [0.5, 0.6) is 5.75 Å². The third-order valence-corrected chi connectivity index (χ3v) is 3.35. The second kappa shape index (κ2) is 4.71. The lowest BCUT2D eigenvalue weighted by Gasteiger charge is -2.07. The minimum atomic E-state index is -0.276. The molecule has 0 fully saturated rings. The quantitative estimate of drug-likeness (QED) is 0.913. The number of hydrogen-bond acceptors (Lipinski definition) is 4. The van der Waals surface area contributed by atoms with E-state index in [1.807, 2.05) is 6.92 Å². The zero-order valence-electron chi connectivity index (χ0n) is 9.66. The molecule has 1 aromatic carbocycles. The molecule has 0 spiro atoms. The van der Waals surface area contributed by atoms with Gasteiger partial charge < -0.3 is 10.5 Å². The molecule has 0 aliphatic carbocycles. The number of halogens is 1. The Morgan fingerprint density at radius 2 is 2.24 bits per heavy atom. The van der Waals surface area contributed by atoms with Crippen molar-refractivity contribution < 1.29 is 9.13 Å². The number of aryl methyl sites for hydroxylation is 1. The first kappa shape index (κ1) is 11.9. The molecule has 2 rings (SSSR count). The van der Waals surface area contributed by atoms with E-state index in [0.717, 1.165) is 16.1 Å². The normalized spacial score (nSPS) is 10.5. The van der Waals surface area contributed by atoms with E-state index in [1.54, 1.807) is 13.2 Å².